The Morgan fingerprint density at radius 3 is 2.89 bits per heavy atom. The number of carbonyl (C=O) groups is 1. The number of H-pyrrole nitrogens is 1. The second-order valence-corrected chi connectivity index (χ2v) is 8.07. The van der Waals surface area contributed by atoms with Crippen LogP contribution in [0.1, 0.15) is 45.9 Å². The highest BCUT2D eigenvalue weighted by Crippen LogP contribution is 2.35. The smallest absolute Gasteiger partial charge is 0.312 e. The first-order valence-corrected chi connectivity index (χ1v) is 11.0. The highest BCUT2D eigenvalue weighted by molar-refractivity contribution is 5.90. The fraction of sp³-hybridized carbons (Fsp3) is 0.217. The van der Waals surface area contributed by atoms with Crippen molar-refractivity contribution < 1.29 is 22.7 Å². The number of hydrogen-bond donors (Lipinski definition) is 1. The molecule has 6 rings (SSSR count). The number of halogens is 2. The van der Waals surface area contributed by atoms with E-state index in [9.17, 15) is 13.6 Å². The van der Waals surface area contributed by atoms with Crippen LogP contribution >= 0.6 is 0 Å². The van der Waals surface area contributed by atoms with E-state index in [0.717, 1.165) is 5.69 Å². The molecule has 0 saturated heterocycles. The molecule has 1 aliphatic rings. The summed E-state index contributed by atoms with van der Waals surface area (Å²) in [6, 6.07) is 8.77. The van der Waals surface area contributed by atoms with Crippen molar-refractivity contribution in [1.29, 1.82) is 0 Å². The van der Waals surface area contributed by atoms with Crippen LogP contribution in [-0.4, -0.2) is 59.2 Å². The molecule has 0 saturated carbocycles. The molecule has 0 radical (unpaired) electrons. The van der Waals surface area contributed by atoms with E-state index in [4.69, 9.17) is 9.15 Å². The lowest BCUT2D eigenvalue weighted by Crippen LogP contribution is -2.41. The van der Waals surface area contributed by atoms with Gasteiger partial charge in [0.15, 0.2) is 0 Å². The summed E-state index contributed by atoms with van der Waals surface area (Å²) in [5.74, 6) is -0.136. The van der Waals surface area contributed by atoms with E-state index in [2.05, 4.69) is 30.2 Å². The monoisotopic (exact) mass is 492 g/mol. The van der Waals surface area contributed by atoms with E-state index < -0.39 is 18.4 Å². The normalized spacial score (nSPS) is 15.4. The van der Waals surface area contributed by atoms with Crippen LogP contribution in [0.4, 0.5) is 8.78 Å². The number of alkyl halides is 2. The van der Waals surface area contributed by atoms with Gasteiger partial charge in [0.2, 0.25) is 0 Å². The first-order valence-electron chi connectivity index (χ1n) is 11.0. The van der Waals surface area contributed by atoms with Crippen LogP contribution in [0.2, 0.25) is 0 Å². The number of imidazole rings is 1. The van der Waals surface area contributed by atoms with Crippen molar-refractivity contribution in [1.82, 2.24) is 39.7 Å². The van der Waals surface area contributed by atoms with Gasteiger partial charge >= 0.3 is 11.8 Å². The maximum atomic E-state index is 13.6. The van der Waals surface area contributed by atoms with Gasteiger partial charge < -0.3 is 19.0 Å². The lowest BCUT2D eigenvalue weighted by molar-refractivity contribution is 0.0646. The molecule has 1 unspecified atom stereocenters. The molecule has 0 spiro atoms. The molecule has 6 heterocycles. The maximum Gasteiger partial charge on any atom is 0.312 e. The second kappa shape index (κ2) is 8.52. The zero-order valence-corrected chi connectivity index (χ0v) is 18.8. The maximum absolute atomic E-state index is 13.6. The van der Waals surface area contributed by atoms with Crippen LogP contribution in [0, 0.1) is 0 Å². The van der Waals surface area contributed by atoms with Crippen molar-refractivity contribution in [2.75, 3.05) is 13.7 Å². The van der Waals surface area contributed by atoms with Gasteiger partial charge in [-0.25, -0.2) is 23.3 Å². The van der Waals surface area contributed by atoms with E-state index >= 15 is 0 Å². The molecule has 5 aromatic heterocycles. The average molecular weight is 492 g/mol. The molecular weight excluding hydrogens is 474 g/mol. The molecule has 1 N–H and O–H groups in total. The average Bonchev–Trinajstić information content (AvgIpc) is 3.66. The quantitative estimate of drug-likeness (QED) is 0.396. The van der Waals surface area contributed by atoms with Crippen LogP contribution in [0.15, 0.2) is 53.3 Å². The molecule has 0 aliphatic carbocycles. The number of ether oxygens (including phenoxy) is 1. The Morgan fingerprint density at radius 1 is 1.22 bits per heavy atom. The molecule has 1 amide bonds. The van der Waals surface area contributed by atoms with Gasteiger partial charge in [0.25, 0.3) is 12.3 Å². The van der Waals surface area contributed by atoms with E-state index in [1.165, 1.54) is 35.1 Å². The number of nitrogens with one attached hydrogen (secondary N) is 1. The highest BCUT2D eigenvalue weighted by atomic mass is 19.3. The summed E-state index contributed by atoms with van der Waals surface area (Å²) in [6.07, 6.45) is 0.827. The molecule has 1 atom stereocenters. The summed E-state index contributed by atoms with van der Waals surface area (Å²) in [4.78, 5) is 26.7. The predicted molar refractivity (Wildman–Crippen MR) is 119 cm³/mol. The lowest BCUT2D eigenvalue weighted by atomic mass is 9.99. The Labute approximate surface area is 201 Å². The first-order chi connectivity index (χ1) is 17.5. The molecular formula is C23H18F2N8O3. The van der Waals surface area contributed by atoms with E-state index in [1.54, 1.807) is 30.3 Å². The van der Waals surface area contributed by atoms with Gasteiger partial charge in [-0.1, -0.05) is 6.07 Å². The molecule has 0 fully saturated rings. The fourth-order valence-electron chi connectivity index (χ4n) is 4.31. The molecule has 0 aromatic carbocycles. The highest BCUT2D eigenvalue weighted by Gasteiger charge is 2.38. The zero-order valence-electron chi connectivity index (χ0n) is 18.8. The minimum absolute atomic E-state index is 0.0735. The third-order valence-electron chi connectivity index (χ3n) is 6.02. The fourth-order valence-corrected chi connectivity index (χ4v) is 4.31. The van der Waals surface area contributed by atoms with Crippen molar-refractivity contribution in [2.24, 2.45) is 0 Å². The summed E-state index contributed by atoms with van der Waals surface area (Å²) in [5.41, 5.74) is 2.41. The Hall–Kier alpha value is -4.68. The van der Waals surface area contributed by atoms with Crippen molar-refractivity contribution >= 4 is 11.4 Å². The number of aromatic amines is 1. The number of amides is 1. The number of methoxy groups -OCH3 is 1. The summed E-state index contributed by atoms with van der Waals surface area (Å²) < 4.78 is 39.1. The summed E-state index contributed by atoms with van der Waals surface area (Å²) in [5, 5.41) is 12.3. The number of nitrogens with zero attached hydrogens (tertiary/aromatic N) is 7. The van der Waals surface area contributed by atoms with Gasteiger partial charge in [0.05, 0.1) is 36.5 Å². The summed E-state index contributed by atoms with van der Waals surface area (Å²) in [7, 11) is 1.53. The van der Waals surface area contributed by atoms with Gasteiger partial charge in [0.1, 0.15) is 23.2 Å². The van der Waals surface area contributed by atoms with Gasteiger partial charge in [-0.3, -0.25) is 4.79 Å². The van der Waals surface area contributed by atoms with E-state index in [-0.39, 0.29) is 17.5 Å². The third-order valence-corrected chi connectivity index (χ3v) is 6.02. The van der Waals surface area contributed by atoms with Gasteiger partial charge in [-0.2, -0.15) is 5.10 Å². The first kappa shape index (κ1) is 21.8. The Balaban J connectivity index is 1.38. The Kier molecular flexibility index (Phi) is 5.16. The number of fused-ring (bicyclic) bond motifs is 2. The minimum atomic E-state index is -2.71. The van der Waals surface area contributed by atoms with Crippen LogP contribution in [-0.2, 0) is 6.42 Å². The van der Waals surface area contributed by atoms with Gasteiger partial charge in [0, 0.05) is 18.7 Å². The lowest BCUT2D eigenvalue weighted by Gasteiger charge is -2.32. The third kappa shape index (κ3) is 3.56. The molecule has 0 bridgehead atoms. The summed E-state index contributed by atoms with van der Waals surface area (Å²) in [6.45, 7) is 0.298. The van der Waals surface area contributed by atoms with Crippen molar-refractivity contribution in [3.63, 3.8) is 0 Å². The van der Waals surface area contributed by atoms with Gasteiger partial charge in [-0.15, -0.1) is 10.2 Å². The molecule has 13 heteroatoms. The second-order valence-electron chi connectivity index (χ2n) is 8.07. The van der Waals surface area contributed by atoms with Gasteiger partial charge in [-0.05, 0) is 30.3 Å². The number of carbonyl (C=O) groups excluding carboxylic acids is 1. The number of pyridine rings is 2. The topological polar surface area (TPSA) is 127 Å². The molecule has 5 aromatic rings. The van der Waals surface area contributed by atoms with Crippen molar-refractivity contribution in [3.8, 4) is 17.3 Å². The van der Waals surface area contributed by atoms with E-state index in [1.807, 2.05) is 0 Å². The molecule has 1 aliphatic heterocycles. The number of rotatable bonds is 5. The van der Waals surface area contributed by atoms with Crippen molar-refractivity contribution in [2.45, 2.75) is 18.9 Å². The van der Waals surface area contributed by atoms with E-state index in [0.29, 0.717) is 41.3 Å². The standard InChI is InChI=1S/C23H18F2N8O3/c1-35-13-5-6-15(26-10-13)21-29-30-22(36-21)23(34)32-8-7-14-18(28-11-27-14)19(32)16-9-12-3-2-4-17(20(24)25)33(12)31-16/h2-6,9-11,19-20H,7-8H2,1H3,(H,27,28). The molecule has 36 heavy (non-hydrogen) atoms. The number of hydrogen-bond acceptors (Lipinski definition) is 8. The van der Waals surface area contributed by atoms with Crippen molar-refractivity contribution in [3.05, 3.63) is 77.6 Å². The molecule has 182 valence electrons. The van der Waals surface area contributed by atoms with Crippen LogP contribution in [0.3, 0.4) is 0 Å². The zero-order chi connectivity index (χ0) is 24.8. The minimum Gasteiger partial charge on any atom is -0.495 e. The Bertz CT molecular complexity index is 1560. The van der Waals surface area contributed by atoms with Crippen LogP contribution in [0.5, 0.6) is 5.75 Å². The molecule has 11 nitrogen and oxygen atoms in total. The Morgan fingerprint density at radius 2 is 2.11 bits per heavy atom. The largest absolute Gasteiger partial charge is 0.495 e. The predicted octanol–water partition coefficient (Wildman–Crippen LogP) is 3.24. The number of aromatic nitrogens is 7. The summed E-state index contributed by atoms with van der Waals surface area (Å²) >= 11 is 0. The van der Waals surface area contributed by atoms with Crippen LogP contribution in [0.25, 0.3) is 17.1 Å². The SMILES string of the molecule is COc1ccc(-c2nnc(C(=O)N3CCc4[nH]cnc4C3c3cc4cccc(C(F)F)n4n3)o2)nc1. The van der Waals surface area contributed by atoms with Crippen LogP contribution < -0.4 is 4.74 Å².